The number of benzene rings is 2. The Hall–Kier alpha value is -3.65. The first-order chi connectivity index (χ1) is 16.4. The zero-order valence-electron chi connectivity index (χ0n) is 19.5. The van der Waals surface area contributed by atoms with Gasteiger partial charge in [0, 0.05) is 31.3 Å². The van der Waals surface area contributed by atoms with E-state index in [0.717, 1.165) is 12.8 Å². The summed E-state index contributed by atoms with van der Waals surface area (Å²) < 4.78 is 10.4. The SMILES string of the molecule is CCCCN1C(=O)C2(C(=C(O)c3ccc(OC)cc3)C(=O)C(=O)N2CCOC)c2ccccc21. The Bertz CT molecular complexity index is 1160. The standard InChI is InChI=1S/C26H28N2O6/c1-4-5-14-27-20-9-7-6-8-19(20)26(25(27)32)21(23(30)24(31)28(26)15-16-33-2)22(29)17-10-12-18(34-3)13-11-17/h6-13,29H,4-5,14-16H2,1-3H3. The van der Waals surface area contributed by atoms with Crippen LogP contribution in [0.1, 0.15) is 30.9 Å². The fourth-order valence-electron chi connectivity index (χ4n) is 4.78. The zero-order valence-corrected chi connectivity index (χ0v) is 19.5. The van der Waals surface area contributed by atoms with E-state index in [1.165, 1.54) is 19.1 Å². The summed E-state index contributed by atoms with van der Waals surface area (Å²) in [6.45, 7) is 2.60. The lowest BCUT2D eigenvalue weighted by Gasteiger charge is -2.34. The Kier molecular flexibility index (Phi) is 6.43. The Balaban J connectivity index is 2.00. The molecule has 0 saturated carbocycles. The molecule has 2 aromatic carbocycles. The van der Waals surface area contributed by atoms with Gasteiger partial charge in [-0.15, -0.1) is 0 Å². The molecule has 34 heavy (non-hydrogen) atoms. The normalized spacial score (nSPS) is 21.0. The number of ether oxygens (including phenoxy) is 2. The molecule has 0 bridgehead atoms. The van der Waals surface area contributed by atoms with E-state index >= 15 is 0 Å². The first-order valence-corrected chi connectivity index (χ1v) is 11.3. The highest BCUT2D eigenvalue weighted by molar-refractivity contribution is 6.50. The minimum absolute atomic E-state index is 0.0160. The van der Waals surface area contributed by atoms with Crippen LogP contribution in [0, 0.1) is 0 Å². The predicted octanol–water partition coefficient (Wildman–Crippen LogP) is 3.06. The number of ketones is 1. The summed E-state index contributed by atoms with van der Waals surface area (Å²) in [6, 6.07) is 13.6. The van der Waals surface area contributed by atoms with Crippen LogP contribution in [0.3, 0.4) is 0 Å². The van der Waals surface area contributed by atoms with Crippen LogP contribution >= 0.6 is 0 Å². The van der Waals surface area contributed by atoms with Crippen molar-refractivity contribution in [3.05, 3.63) is 65.2 Å². The number of unbranched alkanes of at least 4 members (excludes halogenated alkanes) is 1. The lowest BCUT2D eigenvalue weighted by molar-refractivity contribution is -0.144. The molecule has 1 unspecified atom stereocenters. The van der Waals surface area contributed by atoms with Gasteiger partial charge in [-0.3, -0.25) is 14.4 Å². The molecule has 2 aromatic rings. The van der Waals surface area contributed by atoms with E-state index in [1.807, 2.05) is 19.1 Å². The van der Waals surface area contributed by atoms with Crippen molar-refractivity contribution in [2.24, 2.45) is 0 Å². The average Bonchev–Trinajstić information content (AvgIpc) is 3.24. The van der Waals surface area contributed by atoms with Crippen molar-refractivity contribution in [1.29, 1.82) is 0 Å². The smallest absolute Gasteiger partial charge is 0.296 e. The number of hydrogen-bond donors (Lipinski definition) is 1. The molecule has 2 heterocycles. The summed E-state index contributed by atoms with van der Waals surface area (Å²) in [4.78, 5) is 43.7. The number of Topliss-reactive ketones (excluding diaryl/α,β-unsaturated/α-hetero) is 1. The summed E-state index contributed by atoms with van der Waals surface area (Å²) in [5.74, 6) is -1.99. The highest BCUT2D eigenvalue weighted by atomic mass is 16.5. The van der Waals surface area contributed by atoms with Crippen molar-refractivity contribution < 1.29 is 29.0 Å². The largest absolute Gasteiger partial charge is 0.507 e. The number of anilines is 1. The van der Waals surface area contributed by atoms with E-state index in [-0.39, 0.29) is 18.7 Å². The molecular weight excluding hydrogens is 436 g/mol. The van der Waals surface area contributed by atoms with Crippen molar-refractivity contribution in [1.82, 2.24) is 4.90 Å². The van der Waals surface area contributed by atoms with E-state index < -0.39 is 28.9 Å². The van der Waals surface area contributed by atoms with Crippen LogP contribution in [0.2, 0.25) is 0 Å². The minimum atomic E-state index is -1.76. The van der Waals surface area contributed by atoms with E-state index in [2.05, 4.69) is 0 Å². The van der Waals surface area contributed by atoms with Gasteiger partial charge in [0.15, 0.2) is 5.54 Å². The number of aliphatic hydroxyl groups is 1. The summed E-state index contributed by atoms with van der Waals surface area (Å²) in [5.41, 5.74) is -0.550. The topological polar surface area (TPSA) is 96.4 Å². The second kappa shape index (κ2) is 9.30. The van der Waals surface area contributed by atoms with Crippen molar-refractivity contribution in [2.75, 3.05) is 38.8 Å². The molecule has 8 nitrogen and oxygen atoms in total. The molecule has 0 aliphatic carbocycles. The number of para-hydroxylation sites is 1. The number of carbonyl (C=O) groups is 3. The minimum Gasteiger partial charge on any atom is -0.507 e. The Morgan fingerprint density at radius 3 is 2.35 bits per heavy atom. The number of amides is 2. The van der Waals surface area contributed by atoms with E-state index in [9.17, 15) is 19.5 Å². The van der Waals surface area contributed by atoms with Gasteiger partial charge in [0.2, 0.25) is 0 Å². The Labute approximate surface area is 198 Å². The second-order valence-electron chi connectivity index (χ2n) is 8.27. The number of methoxy groups -OCH3 is 2. The molecule has 1 atom stereocenters. The summed E-state index contributed by atoms with van der Waals surface area (Å²) >= 11 is 0. The first kappa shape index (κ1) is 23.5. The van der Waals surface area contributed by atoms with Gasteiger partial charge in [-0.25, -0.2) is 0 Å². The zero-order chi connectivity index (χ0) is 24.5. The monoisotopic (exact) mass is 464 g/mol. The maximum Gasteiger partial charge on any atom is 0.296 e. The summed E-state index contributed by atoms with van der Waals surface area (Å²) in [5, 5.41) is 11.4. The van der Waals surface area contributed by atoms with Gasteiger partial charge in [-0.2, -0.15) is 0 Å². The van der Waals surface area contributed by atoms with Crippen LogP contribution in [0.5, 0.6) is 5.75 Å². The first-order valence-electron chi connectivity index (χ1n) is 11.3. The quantitative estimate of drug-likeness (QED) is 0.366. The molecule has 2 aliphatic heterocycles. The molecule has 1 saturated heterocycles. The molecule has 8 heteroatoms. The van der Waals surface area contributed by atoms with Gasteiger partial charge in [0.05, 0.1) is 25.0 Å². The molecule has 178 valence electrons. The van der Waals surface area contributed by atoms with Gasteiger partial charge in [-0.1, -0.05) is 31.5 Å². The van der Waals surface area contributed by atoms with Gasteiger partial charge >= 0.3 is 0 Å². The molecule has 0 radical (unpaired) electrons. The Morgan fingerprint density at radius 1 is 1.00 bits per heavy atom. The van der Waals surface area contributed by atoms with Gasteiger partial charge in [-0.05, 0) is 36.8 Å². The van der Waals surface area contributed by atoms with Crippen LogP contribution in [0.4, 0.5) is 5.69 Å². The molecular formula is C26H28N2O6. The highest BCUT2D eigenvalue weighted by Crippen LogP contribution is 2.53. The van der Waals surface area contributed by atoms with Crippen LogP contribution in [-0.2, 0) is 24.7 Å². The van der Waals surface area contributed by atoms with Crippen molar-refractivity contribution in [3.8, 4) is 5.75 Å². The van der Waals surface area contributed by atoms with Crippen LogP contribution in [0.15, 0.2) is 54.1 Å². The highest BCUT2D eigenvalue weighted by Gasteiger charge is 2.66. The molecule has 1 N–H and O–H groups in total. The maximum absolute atomic E-state index is 14.2. The average molecular weight is 465 g/mol. The van der Waals surface area contributed by atoms with E-state index in [4.69, 9.17) is 9.47 Å². The third kappa shape index (κ3) is 3.37. The van der Waals surface area contributed by atoms with Crippen molar-refractivity contribution >= 4 is 29.0 Å². The Morgan fingerprint density at radius 2 is 1.71 bits per heavy atom. The van der Waals surface area contributed by atoms with Gasteiger partial charge in [0.1, 0.15) is 11.5 Å². The van der Waals surface area contributed by atoms with Crippen molar-refractivity contribution in [3.63, 3.8) is 0 Å². The molecule has 2 amide bonds. The molecule has 1 fully saturated rings. The fraction of sp³-hybridized carbons (Fsp3) is 0.346. The summed E-state index contributed by atoms with van der Waals surface area (Å²) in [7, 11) is 3.01. The second-order valence-corrected chi connectivity index (χ2v) is 8.27. The summed E-state index contributed by atoms with van der Waals surface area (Å²) in [6.07, 6.45) is 1.61. The number of nitrogens with zero attached hydrogens (tertiary/aromatic N) is 2. The molecule has 4 rings (SSSR count). The number of carbonyl (C=O) groups excluding carboxylic acids is 3. The predicted molar refractivity (Wildman–Crippen MR) is 127 cm³/mol. The van der Waals surface area contributed by atoms with Gasteiger partial charge in [0.25, 0.3) is 17.6 Å². The lowest BCUT2D eigenvalue weighted by atomic mass is 9.82. The number of rotatable bonds is 8. The fourth-order valence-corrected chi connectivity index (χ4v) is 4.78. The van der Waals surface area contributed by atoms with Crippen molar-refractivity contribution in [2.45, 2.75) is 25.3 Å². The third-order valence-corrected chi connectivity index (χ3v) is 6.43. The van der Waals surface area contributed by atoms with E-state index in [1.54, 1.807) is 41.3 Å². The van der Waals surface area contributed by atoms with Gasteiger partial charge < -0.3 is 24.4 Å². The van der Waals surface area contributed by atoms with Crippen LogP contribution < -0.4 is 9.64 Å². The van der Waals surface area contributed by atoms with E-state index in [0.29, 0.717) is 29.1 Å². The molecule has 2 aliphatic rings. The number of hydrogen-bond acceptors (Lipinski definition) is 6. The number of likely N-dealkylation sites (tertiary alicyclic amines) is 1. The third-order valence-electron chi connectivity index (χ3n) is 6.43. The van der Waals surface area contributed by atoms with Crippen LogP contribution in [0.25, 0.3) is 5.76 Å². The molecule has 0 aromatic heterocycles. The maximum atomic E-state index is 14.2. The number of aliphatic hydroxyl groups excluding tert-OH is 1. The van der Waals surface area contributed by atoms with Crippen LogP contribution in [-0.4, -0.2) is 61.5 Å². The molecule has 1 spiro atoms. The lowest BCUT2D eigenvalue weighted by Crippen LogP contribution is -2.52. The number of fused-ring (bicyclic) bond motifs is 2.